The fraction of sp³-hybridized carbons (Fsp3) is 0.727. The van der Waals surface area contributed by atoms with Gasteiger partial charge in [0.15, 0.2) is 5.78 Å². The Morgan fingerprint density at radius 3 is 3.14 bits per heavy atom. The summed E-state index contributed by atoms with van der Waals surface area (Å²) in [6, 6.07) is 0.165. The van der Waals surface area contributed by atoms with Crippen molar-refractivity contribution in [3.63, 3.8) is 0 Å². The van der Waals surface area contributed by atoms with Gasteiger partial charge < -0.3 is 0 Å². The lowest BCUT2D eigenvalue weighted by Gasteiger charge is -2.30. The zero-order valence-electron chi connectivity index (χ0n) is 8.87. The fourth-order valence-electron chi connectivity index (χ4n) is 1.61. The van der Waals surface area contributed by atoms with Crippen molar-refractivity contribution in [2.75, 3.05) is 25.1 Å². The Labute approximate surface area is 90.7 Å². The van der Waals surface area contributed by atoms with Gasteiger partial charge in [0.2, 0.25) is 0 Å². The Balaban J connectivity index is 2.30. The second-order valence-electron chi connectivity index (χ2n) is 3.72. The molecule has 0 spiro atoms. The summed E-state index contributed by atoms with van der Waals surface area (Å²) in [7, 11) is 2.05. The van der Waals surface area contributed by atoms with Gasteiger partial charge in [-0.2, -0.15) is 11.8 Å². The van der Waals surface area contributed by atoms with Crippen molar-refractivity contribution in [2.45, 2.75) is 25.3 Å². The number of nitrogens with zero attached hydrogens (tertiary/aromatic N) is 1. The highest BCUT2D eigenvalue weighted by atomic mass is 32.2. The fourth-order valence-corrected chi connectivity index (χ4v) is 2.86. The van der Waals surface area contributed by atoms with Gasteiger partial charge >= 0.3 is 0 Å². The van der Waals surface area contributed by atoms with Gasteiger partial charge in [0, 0.05) is 24.5 Å². The summed E-state index contributed by atoms with van der Waals surface area (Å²) in [5, 5.41) is 0. The molecule has 80 valence electrons. The normalized spacial score (nSPS) is 23.4. The summed E-state index contributed by atoms with van der Waals surface area (Å²) < 4.78 is 0. The van der Waals surface area contributed by atoms with E-state index in [9.17, 15) is 4.79 Å². The van der Waals surface area contributed by atoms with Crippen molar-refractivity contribution in [3.05, 3.63) is 12.7 Å². The Hall–Kier alpha value is -0.280. The number of rotatable bonds is 5. The predicted octanol–water partition coefficient (Wildman–Crippen LogP) is 1.96. The van der Waals surface area contributed by atoms with Crippen molar-refractivity contribution >= 4 is 17.5 Å². The van der Waals surface area contributed by atoms with E-state index in [2.05, 4.69) is 18.5 Å². The molecule has 0 amide bonds. The lowest BCUT2D eigenvalue weighted by molar-refractivity contribution is -0.123. The molecule has 1 rings (SSSR count). The number of hydrogen-bond donors (Lipinski definition) is 0. The third-order valence-electron chi connectivity index (χ3n) is 2.60. The Bertz CT molecular complexity index is 205. The summed E-state index contributed by atoms with van der Waals surface area (Å²) in [5.41, 5.74) is 0. The van der Waals surface area contributed by atoms with Crippen LogP contribution in [0, 0.1) is 0 Å². The number of Topliss-reactive ketones (excluding diaryl/α,β-unsaturated/α-hetero) is 1. The van der Waals surface area contributed by atoms with Crippen molar-refractivity contribution in [1.82, 2.24) is 4.90 Å². The number of thioether (sulfide) groups is 1. The first kappa shape index (κ1) is 11.8. The molecule has 1 unspecified atom stereocenters. The molecule has 14 heavy (non-hydrogen) atoms. The molecule has 1 atom stereocenters. The van der Waals surface area contributed by atoms with Crippen LogP contribution in [0.4, 0.5) is 0 Å². The van der Waals surface area contributed by atoms with Gasteiger partial charge in [-0.3, -0.25) is 9.69 Å². The van der Waals surface area contributed by atoms with Gasteiger partial charge in [0.1, 0.15) is 0 Å². The van der Waals surface area contributed by atoms with Crippen LogP contribution >= 0.6 is 11.8 Å². The third kappa shape index (κ3) is 3.46. The van der Waals surface area contributed by atoms with E-state index in [1.807, 2.05) is 17.8 Å². The number of ketones is 1. The third-order valence-corrected chi connectivity index (χ3v) is 3.62. The SMILES string of the molecule is C=CCCCC(=O)C1CSCCN1C. The van der Waals surface area contributed by atoms with E-state index in [-0.39, 0.29) is 6.04 Å². The van der Waals surface area contributed by atoms with E-state index >= 15 is 0 Å². The predicted molar refractivity (Wildman–Crippen MR) is 62.8 cm³/mol. The quantitative estimate of drug-likeness (QED) is 0.514. The Morgan fingerprint density at radius 1 is 1.71 bits per heavy atom. The first-order chi connectivity index (χ1) is 6.75. The van der Waals surface area contributed by atoms with E-state index in [0.29, 0.717) is 12.2 Å². The van der Waals surface area contributed by atoms with Crippen LogP contribution in [0.1, 0.15) is 19.3 Å². The Kier molecular flexibility index (Phi) is 5.26. The molecule has 0 N–H and O–H groups in total. The smallest absolute Gasteiger partial charge is 0.150 e. The van der Waals surface area contributed by atoms with E-state index < -0.39 is 0 Å². The number of allylic oxidation sites excluding steroid dienone is 1. The summed E-state index contributed by atoms with van der Waals surface area (Å²) in [6.45, 7) is 4.70. The van der Waals surface area contributed by atoms with Crippen molar-refractivity contribution in [1.29, 1.82) is 0 Å². The topological polar surface area (TPSA) is 20.3 Å². The minimum Gasteiger partial charge on any atom is -0.298 e. The molecule has 1 aliphatic heterocycles. The monoisotopic (exact) mass is 213 g/mol. The van der Waals surface area contributed by atoms with Crippen LogP contribution in [0.3, 0.4) is 0 Å². The highest BCUT2D eigenvalue weighted by Gasteiger charge is 2.25. The standard InChI is InChI=1S/C11H19NOS/c1-3-4-5-6-11(13)10-9-14-8-7-12(10)2/h3,10H,1,4-9H2,2H3. The van der Waals surface area contributed by atoms with Gasteiger partial charge in [-0.25, -0.2) is 0 Å². The van der Waals surface area contributed by atoms with Gasteiger partial charge in [0.25, 0.3) is 0 Å². The number of carbonyl (C=O) groups is 1. The van der Waals surface area contributed by atoms with E-state index in [0.717, 1.165) is 30.9 Å². The minimum absolute atomic E-state index is 0.165. The lowest BCUT2D eigenvalue weighted by Crippen LogP contribution is -2.44. The molecule has 1 saturated heterocycles. The molecule has 0 saturated carbocycles. The van der Waals surface area contributed by atoms with Crippen LogP contribution in [-0.2, 0) is 4.79 Å². The molecular weight excluding hydrogens is 194 g/mol. The van der Waals surface area contributed by atoms with Crippen molar-refractivity contribution in [2.24, 2.45) is 0 Å². The van der Waals surface area contributed by atoms with E-state index in [1.165, 1.54) is 0 Å². The van der Waals surface area contributed by atoms with Crippen LogP contribution in [-0.4, -0.2) is 41.8 Å². The van der Waals surface area contributed by atoms with Gasteiger partial charge in [-0.1, -0.05) is 6.08 Å². The molecule has 1 heterocycles. The van der Waals surface area contributed by atoms with Gasteiger partial charge in [-0.15, -0.1) is 6.58 Å². The van der Waals surface area contributed by atoms with Crippen molar-refractivity contribution in [3.8, 4) is 0 Å². The zero-order chi connectivity index (χ0) is 10.4. The molecule has 0 radical (unpaired) electrons. The molecule has 0 aliphatic carbocycles. The van der Waals surface area contributed by atoms with E-state index in [1.54, 1.807) is 0 Å². The van der Waals surface area contributed by atoms with Gasteiger partial charge in [-0.05, 0) is 19.9 Å². The van der Waals surface area contributed by atoms with Crippen LogP contribution in [0.2, 0.25) is 0 Å². The maximum absolute atomic E-state index is 11.8. The first-order valence-corrected chi connectivity index (χ1v) is 6.32. The average Bonchev–Trinajstić information content (AvgIpc) is 2.18. The molecule has 0 aromatic heterocycles. The molecule has 1 aliphatic rings. The summed E-state index contributed by atoms with van der Waals surface area (Å²) in [4.78, 5) is 14.0. The van der Waals surface area contributed by atoms with Crippen molar-refractivity contribution < 1.29 is 4.79 Å². The van der Waals surface area contributed by atoms with Crippen LogP contribution in [0.5, 0.6) is 0 Å². The molecule has 2 nitrogen and oxygen atoms in total. The summed E-state index contributed by atoms with van der Waals surface area (Å²) >= 11 is 1.89. The first-order valence-electron chi connectivity index (χ1n) is 5.17. The number of carbonyl (C=O) groups excluding carboxylic acids is 1. The summed E-state index contributed by atoms with van der Waals surface area (Å²) in [6.07, 6.45) is 4.50. The molecule has 0 aromatic rings. The second kappa shape index (κ2) is 6.25. The second-order valence-corrected chi connectivity index (χ2v) is 4.87. The van der Waals surface area contributed by atoms with Crippen LogP contribution < -0.4 is 0 Å². The zero-order valence-corrected chi connectivity index (χ0v) is 9.68. The Morgan fingerprint density at radius 2 is 2.50 bits per heavy atom. The lowest BCUT2D eigenvalue weighted by atomic mass is 10.1. The average molecular weight is 213 g/mol. The maximum atomic E-state index is 11.8. The highest BCUT2D eigenvalue weighted by Crippen LogP contribution is 2.17. The van der Waals surface area contributed by atoms with Crippen LogP contribution in [0.25, 0.3) is 0 Å². The number of hydrogen-bond acceptors (Lipinski definition) is 3. The highest BCUT2D eigenvalue weighted by molar-refractivity contribution is 7.99. The molecular formula is C11H19NOS. The number of unbranched alkanes of at least 4 members (excludes halogenated alkanes) is 1. The van der Waals surface area contributed by atoms with E-state index in [4.69, 9.17) is 0 Å². The number of likely N-dealkylation sites (N-methyl/N-ethyl adjacent to an activating group) is 1. The largest absolute Gasteiger partial charge is 0.298 e. The van der Waals surface area contributed by atoms with Gasteiger partial charge in [0.05, 0.1) is 6.04 Å². The summed E-state index contributed by atoms with van der Waals surface area (Å²) in [5.74, 6) is 2.54. The molecule has 0 bridgehead atoms. The maximum Gasteiger partial charge on any atom is 0.150 e. The molecule has 3 heteroatoms. The molecule has 0 aromatic carbocycles. The minimum atomic E-state index is 0.165. The molecule has 1 fully saturated rings. The van der Waals surface area contributed by atoms with Crippen LogP contribution in [0.15, 0.2) is 12.7 Å².